The van der Waals surface area contributed by atoms with Crippen LogP contribution in [0.4, 0.5) is 0 Å². The van der Waals surface area contributed by atoms with Gasteiger partial charge in [-0.3, -0.25) is 4.79 Å². The van der Waals surface area contributed by atoms with Crippen LogP contribution in [0.1, 0.15) is 46.5 Å². The molecule has 17 heavy (non-hydrogen) atoms. The quantitative estimate of drug-likeness (QED) is 0.675. The summed E-state index contributed by atoms with van der Waals surface area (Å²) in [5.41, 5.74) is 1.65. The Morgan fingerprint density at radius 2 is 2.29 bits per heavy atom. The molecule has 0 heterocycles. The molecule has 0 amide bonds. The number of carbonyl (C=O) groups excluding carboxylic acids is 1. The van der Waals surface area contributed by atoms with Crippen LogP contribution in [0.3, 0.4) is 0 Å². The maximum atomic E-state index is 11.6. The summed E-state index contributed by atoms with van der Waals surface area (Å²) in [5, 5.41) is 0. The summed E-state index contributed by atoms with van der Waals surface area (Å²) in [6.45, 7) is 6.84. The molecule has 2 aliphatic rings. The van der Waals surface area contributed by atoms with Gasteiger partial charge in [-0.25, -0.2) is 0 Å². The third-order valence-corrected chi connectivity index (χ3v) is 5.67. The third kappa shape index (κ3) is 2.31. The minimum Gasteiger partial charge on any atom is -0.295 e. The predicted molar refractivity (Wildman–Crippen MR) is 72.2 cm³/mol. The van der Waals surface area contributed by atoms with E-state index in [1.54, 1.807) is 0 Å². The van der Waals surface area contributed by atoms with Crippen LogP contribution in [0.25, 0.3) is 0 Å². The van der Waals surface area contributed by atoms with Gasteiger partial charge in [-0.1, -0.05) is 26.3 Å². The number of carbonyl (C=O) groups is 1. The minimum absolute atomic E-state index is 0.247. The Morgan fingerprint density at radius 1 is 1.59 bits per heavy atom. The molecule has 2 unspecified atom stereocenters. The van der Waals surface area contributed by atoms with Gasteiger partial charge >= 0.3 is 0 Å². The Balaban J connectivity index is 2.22. The molecule has 0 aromatic rings. The molecule has 1 fully saturated rings. The zero-order chi connectivity index (χ0) is 12.6. The van der Waals surface area contributed by atoms with Crippen molar-refractivity contribution in [2.75, 3.05) is 5.88 Å². The lowest BCUT2D eigenvalue weighted by atomic mass is 9.57. The van der Waals surface area contributed by atoms with Gasteiger partial charge in [-0.05, 0) is 48.5 Å². The zero-order valence-corrected chi connectivity index (χ0v) is 11.9. The van der Waals surface area contributed by atoms with Crippen molar-refractivity contribution in [2.24, 2.45) is 23.2 Å². The third-order valence-electron chi connectivity index (χ3n) is 5.18. The second kappa shape index (κ2) is 4.76. The molecule has 1 saturated carbocycles. The van der Waals surface area contributed by atoms with Gasteiger partial charge < -0.3 is 0 Å². The largest absolute Gasteiger partial charge is 0.295 e. The lowest BCUT2D eigenvalue weighted by Crippen LogP contribution is -2.39. The van der Waals surface area contributed by atoms with Crippen LogP contribution in [0.2, 0.25) is 0 Å². The van der Waals surface area contributed by atoms with Crippen LogP contribution in [0.5, 0.6) is 0 Å². The minimum atomic E-state index is 0.247. The normalized spacial score (nSPS) is 39.5. The highest BCUT2D eigenvalue weighted by molar-refractivity contribution is 6.18. The Morgan fingerprint density at radius 3 is 2.94 bits per heavy atom. The summed E-state index contributed by atoms with van der Waals surface area (Å²) in [5.74, 6) is 2.90. The van der Waals surface area contributed by atoms with Crippen LogP contribution in [-0.4, -0.2) is 11.7 Å². The first-order valence-electron chi connectivity index (χ1n) is 6.77. The molecular weight excluding hydrogens is 232 g/mol. The molecule has 0 radical (unpaired) electrons. The lowest BCUT2D eigenvalue weighted by Gasteiger charge is -2.48. The van der Waals surface area contributed by atoms with Gasteiger partial charge in [0.25, 0.3) is 0 Å². The van der Waals surface area contributed by atoms with Crippen molar-refractivity contribution < 1.29 is 4.79 Å². The molecule has 1 nitrogen and oxygen atoms in total. The molecule has 0 aliphatic heterocycles. The fourth-order valence-electron chi connectivity index (χ4n) is 3.55. The average molecular weight is 255 g/mol. The standard InChI is InChI=1S/C15H23ClO/c1-10(9-16)12-4-5-13-7-14(17)6-11(2)15(13,3)8-12/h7,10-12H,4-6,8-9H2,1-3H3/t10?,11-,12?,15+/m1/s1. The molecule has 0 N–H and O–H groups in total. The van der Waals surface area contributed by atoms with Crippen LogP contribution in [-0.2, 0) is 4.79 Å². The van der Waals surface area contributed by atoms with E-state index in [-0.39, 0.29) is 5.41 Å². The highest BCUT2D eigenvalue weighted by atomic mass is 35.5. The molecular formula is C15H23ClO. The van der Waals surface area contributed by atoms with Gasteiger partial charge in [-0.15, -0.1) is 11.6 Å². The van der Waals surface area contributed by atoms with E-state index in [1.165, 1.54) is 18.4 Å². The molecule has 0 spiro atoms. The molecule has 0 bridgehead atoms. The van der Waals surface area contributed by atoms with E-state index in [2.05, 4.69) is 20.8 Å². The Kier molecular flexibility index (Phi) is 3.68. The summed E-state index contributed by atoms with van der Waals surface area (Å²) in [4.78, 5) is 11.6. The van der Waals surface area contributed by atoms with E-state index in [0.29, 0.717) is 17.6 Å². The average Bonchev–Trinajstić information content (AvgIpc) is 2.29. The fourth-order valence-corrected chi connectivity index (χ4v) is 3.80. The molecule has 2 rings (SSSR count). The monoisotopic (exact) mass is 254 g/mol. The Labute approximate surface area is 110 Å². The number of ketones is 1. The molecule has 0 aromatic heterocycles. The van der Waals surface area contributed by atoms with Gasteiger partial charge in [0, 0.05) is 12.3 Å². The number of allylic oxidation sites excluding steroid dienone is 2. The number of fused-ring (bicyclic) bond motifs is 1. The van der Waals surface area contributed by atoms with Crippen LogP contribution >= 0.6 is 11.6 Å². The number of alkyl halides is 1. The number of hydrogen-bond donors (Lipinski definition) is 0. The van der Waals surface area contributed by atoms with Crippen LogP contribution in [0, 0.1) is 23.2 Å². The molecule has 0 aromatic carbocycles. The molecule has 4 atom stereocenters. The maximum absolute atomic E-state index is 11.6. The predicted octanol–water partition coefficient (Wildman–Crippen LogP) is 4.20. The maximum Gasteiger partial charge on any atom is 0.155 e. The molecule has 2 aliphatic carbocycles. The van der Waals surface area contributed by atoms with Crippen molar-refractivity contribution in [1.29, 1.82) is 0 Å². The van der Waals surface area contributed by atoms with Crippen molar-refractivity contribution in [3.63, 3.8) is 0 Å². The molecule has 96 valence electrons. The van der Waals surface area contributed by atoms with Crippen LogP contribution < -0.4 is 0 Å². The van der Waals surface area contributed by atoms with Gasteiger partial charge in [0.05, 0.1) is 0 Å². The van der Waals surface area contributed by atoms with Crippen molar-refractivity contribution in [2.45, 2.75) is 46.5 Å². The van der Waals surface area contributed by atoms with Crippen molar-refractivity contribution >= 4 is 17.4 Å². The summed E-state index contributed by atoms with van der Waals surface area (Å²) < 4.78 is 0. The summed E-state index contributed by atoms with van der Waals surface area (Å²) >= 11 is 6.00. The lowest BCUT2D eigenvalue weighted by molar-refractivity contribution is -0.117. The second-order valence-corrected chi connectivity index (χ2v) is 6.60. The van der Waals surface area contributed by atoms with Crippen molar-refractivity contribution in [3.05, 3.63) is 11.6 Å². The van der Waals surface area contributed by atoms with Gasteiger partial charge in [0.2, 0.25) is 0 Å². The second-order valence-electron chi connectivity index (χ2n) is 6.29. The summed E-state index contributed by atoms with van der Waals surface area (Å²) in [6.07, 6.45) is 6.17. The highest BCUT2D eigenvalue weighted by Gasteiger charge is 2.44. The fraction of sp³-hybridized carbons (Fsp3) is 0.800. The van der Waals surface area contributed by atoms with Crippen LogP contribution in [0.15, 0.2) is 11.6 Å². The Hall–Kier alpha value is -0.300. The van der Waals surface area contributed by atoms with E-state index in [0.717, 1.165) is 24.6 Å². The van der Waals surface area contributed by atoms with Crippen molar-refractivity contribution in [1.82, 2.24) is 0 Å². The number of halogens is 1. The van der Waals surface area contributed by atoms with Gasteiger partial charge in [0.1, 0.15) is 0 Å². The first kappa shape index (κ1) is 13.1. The van der Waals surface area contributed by atoms with E-state index < -0.39 is 0 Å². The SMILES string of the molecule is CC(CCl)C1CCC2=CC(=O)C[C@@H](C)[C@]2(C)C1. The van der Waals surface area contributed by atoms with Crippen molar-refractivity contribution in [3.8, 4) is 0 Å². The first-order valence-corrected chi connectivity index (χ1v) is 7.30. The van der Waals surface area contributed by atoms with E-state index >= 15 is 0 Å². The zero-order valence-electron chi connectivity index (χ0n) is 11.1. The van der Waals surface area contributed by atoms with E-state index in [1.807, 2.05) is 6.08 Å². The van der Waals surface area contributed by atoms with E-state index in [9.17, 15) is 4.79 Å². The first-order chi connectivity index (χ1) is 7.97. The topological polar surface area (TPSA) is 17.1 Å². The molecule has 2 heteroatoms. The smallest absolute Gasteiger partial charge is 0.155 e. The summed E-state index contributed by atoms with van der Waals surface area (Å²) in [7, 11) is 0. The van der Waals surface area contributed by atoms with E-state index in [4.69, 9.17) is 11.6 Å². The Bertz CT molecular complexity index is 347. The van der Waals surface area contributed by atoms with Gasteiger partial charge in [-0.2, -0.15) is 0 Å². The highest BCUT2D eigenvalue weighted by Crippen LogP contribution is 2.52. The summed E-state index contributed by atoms with van der Waals surface area (Å²) in [6, 6.07) is 0. The molecule has 0 saturated heterocycles. The number of rotatable bonds is 2. The van der Waals surface area contributed by atoms with Gasteiger partial charge in [0.15, 0.2) is 5.78 Å². The number of hydrogen-bond acceptors (Lipinski definition) is 1.